The number of hydrogen-bond donors (Lipinski definition) is 0. The maximum atomic E-state index is 6.02. The first-order chi connectivity index (χ1) is 9.88. The fraction of sp³-hybridized carbons (Fsp3) is 0.263. The molecular formula is C19H20ClN. The molecule has 0 N–H and O–H groups in total. The summed E-state index contributed by atoms with van der Waals surface area (Å²) in [6, 6.07) is 14.7. The molecule has 0 spiro atoms. The van der Waals surface area contributed by atoms with Crippen molar-refractivity contribution in [1.29, 1.82) is 0 Å². The van der Waals surface area contributed by atoms with E-state index < -0.39 is 0 Å². The Hall–Kier alpha value is -1.73. The summed E-state index contributed by atoms with van der Waals surface area (Å²) in [6.45, 7) is 8.95. The monoisotopic (exact) mass is 297 g/mol. The maximum absolute atomic E-state index is 6.02. The van der Waals surface area contributed by atoms with Crippen molar-refractivity contribution in [3.63, 3.8) is 0 Å². The standard InChI is InChI=1S/C19H20ClN/c1-13-16(14-7-9-15(20)10-8-14)12-17(19(2,3)4)18-6-5-11-21(13)18/h5-12H,1-4H3. The summed E-state index contributed by atoms with van der Waals surface area (Å²) in [5.41, 5.74) is 6.48. The molecule has 0 atom stereocenters. The Morgan fingerprint density at radius 3 is 2.29 bits per heavy atom. The zero-order valence-electron chi connectivity index (χ0n) is 12.9. The normalized spacial score (nSPS) is 12.0. The van der Waals surface area contributed by atoms with Gasteiger partial charge < -0.3 is 4.40 Å². The van der Waals surface area contributed by atoms with Crippen molar-refractivity contribution in [3.8, 4) is 11.1 Å². The van der Waals surface area contributed by atoms with E-state index in [-0.39, 0.29) is 5.41 Å². The number of hydrogen-bond acceptors (Lipinski definition) is 0. The Morgan fingerprint density at radius 2 is 1.67 bits per heavy atom. The van der Waals surface area contributed by atoms with Crippen molar-refractivity contribution in [2.45, 2.75) is 33.1 Å². The van der Waals surface area contributed by atoms with Crippen LogP contribution in [0.3, 0.4) is 0 Å². The number of pyridine rings is 1. The van der Waals surface area contributed by atoms with Gasteiger partial charge in [0.1, 0.15) is 0 Å². The van der Waals surface area contributed by atoms with Gasteiger partial charge in [0.05, 0.1) is 0 Å². The summed E-state index contributed by atoms with van der Waals surface area (Å²) in [5.74, 6) is 0. The molecule has 108 valence electrons. The smallest absolute Gasteiger partial charge is 0.0490 e. The molecule has 0 aliphatic carbocycles. The Kier molecular flexibility index (Phi) is 3.33. The van der Waals surface area contributed by atoms with Gasteiger partial charge in [-0.05, 0) is 53.8 Å². The van der Waals surface area contributed by atoms with Crippen LogP contribution in [0.2, 0.25) is 5.02 Å². The van der Waals surface area contributed by atoms with Crippen LogP contribution in [-0.4, -0.2) is 4.40 Å². The topological polar surface area (TPSA) is 4.41 Å². The van der Waals surface area contributed by atoms with Gasteiger partial charge in [-0.1, -0.05) is 44.5 Å². The molecule has 2 heterocycles. The van der Waals surface area contributed by atoms with E-state index in [4.69, 9.17) is 11.6 Å². The highest BCUT2D eigenvalue weighted by Gasteiger charge is 2.20. The van der Waals surface area contributed by atoms with E-state index in [2.05, 4.69) is 68.6 Å². The van der Waals surface area contributed by atoms with Gasteiger partial charge >= 0.3 is 0 Å². The average Bonchev–Trinajstić information content (AvgIpc) is 2.89. The predicted octanol–water partition coefficient (Wildman–Crippen LogP) is 5.87. The first-order valence-electron chi connectivity index (χ1n) is 7.25. The van der Waals surface area contributed by atoms with Crippen LogP contribution in [0.25, 0.3) is 16.6 Å². The second kappa shape index (κ2) is 4.92. The molecule has 3 aromatic rings. The molecule has 0 aliphatic heterocycles. The number of benzene rings is 1. The number of aryl methyl sites for hydroxylation is 1. The molecule has 0 aliphatic rings. The minimum Gasteiger partial charge on any atom is -0.320 e. The number of fused-ring (bicyclic) bond motifs is 1. The van der Waals surface area contributed by atoms with E-state index in [1.807, 2.05) is 12.1 Å². The van der Waals surface area contributed by atoms with Gasteiger partial charge in [0, 0.05) is 28.0 Å². The molecule has 3 rings (SSSR count). The summed E-state index contributed by atoms with van der Waals surface area (Å²) in [5, 5.41) is 0.773. The van der Waals surface area contributed by atoms with Gasteiger partial charge in [0.25, 0.3) is 0 Å². The number of rotatable bonds is 1. The van der Waals surface area contributed by atoms with Crippen LogP contribution >= 0.6 is 11.6 Å². The Balaban J connectivity index is 2.33. The molecule has 21 heavy (non-hydrogen) atoms. The second-order valence-electron chi connectivity index (χ2n) is 6.58. The predicted molar refractivity (Wildman–Crippen MR) is 91.3 cm³/mol. The lowest BCUT2D eigenvalue weighted by Crippen LogP contribution is -2.14. The summed E-state index contributed by atoms with van der Waals surface area (Å²) in [7, 11) is 0. The minimum atomic E-state index is 0.106. The SMILES string of the molecule is Cc1c(-c2ccc(Cl)cc2)cc(C(C)(C)C)c2cccn12. The van der Waals surface area contributed by atoms with Crippen LogP contribution in [0, 0.1) is 6.92 Å². The molecule has 0 bridgehead atoms. The third kappa shape index (κ3) is 2.47. The number of aromatic nitrogens is 1. The molecule has 0 fully saturated rings. The lowest BCUT2D eigenvalue weighted by molar-refractivity contribution is 0.593. The zero-order chi connectivity index (χ0) is 15.2. The first kappa shape index (κ1) is 14.2. The summed E-state index contributed by atoms with van der Waals surface area (Å²) < 4.78 is 2.28. The highest BCUT2D eigenvalue weighted by atomic mass is 35.5. The lowest BCUT2D eigenvalue weighted by atomic mass is 9.84. The summed E-state index contributed by atoms with van der Waals surface area (Å²) in [4.78, 5) is 0. The van der Waals surface area contributed by atoms with E-state index >= 15 is 0 Å². The second-order valence-corrected chi connectivity index (χ2v) is 7.01. The summed E-state index contributed by atoms with van der Waals surface area (Å²) in [6.07, 6.45) is 2.14. The highest BCUT2D eigenvalue weighted by Crippen LogP contribution is 2.34. The van der Waals surface area contributed by atoms with Crippen molar-refractivity contribution in [2.75, 3.05) is 0 Å². The maximum Gasteiger partial charge on any atom is 0.0490 e. The van der Waals surface area contributed by atoms with E-state index in [9.17, 15) is 0 Å². The molecule has 1 aromatic carbocycles. The van der Waals surface area contributed by atoms with Gasteiger partial charge in [-0.15, -0.1) is 0 Å². The Labute approximate surface area is 131 Å². The summed E-state index contributed by atoms with van der Waals surface area (Å²) >= 11 is 6.02. The number of nitrogens with zero attached hydrogens (tertiary/aromatic N) is 1. The quantitative estimate of drug-likeness (QED) is 0.529. The van der Waals surface area contributed by atoms with Crippen molar-refractivity contribution in [2.24, 2.45) is 0 Å². The van der Waals surface area contributed by atoms with Gasteiger partial charge in [-0.2, -0.15) is 0 Å². The van der Waals surface area contributed by atoms with E-state index in [1.54, 1.807) is 0 Å². The van der Waals surface area contributed by atoms with Gasteiger partial charge in [-0.25, -0.2) is 0 Å². The van der Waals surface area contributed by atoms with Crippen molar-refractivity contribution in [3.05, 3.63) is 64.9 Å². The molecule has 1 nitrogen and oxygen atoms in total. The fourth-order valence-corrected chi connectivity index (χ4v) is 2.99. The highest BCUT2D eigenvalue weighted by molar-refractivity contribution is 6.30. The van der Waals surface area contributed by atoms with Crippen molar-refractivity contribution >= 4 is 17.1 Å². The van der Waals surface area contributed by atoms with Crippen LogP contribution in [0.4, 0.5) is 0 Å². The molecule has 0 unspecified atom stereocenters. The average molecular weight is 298 g/mol. The van der Waals surface area contributed by atoms with E-state index in [0.29, 0.717) is 0 Å². The zero-order valence-corrected chi connectivity index (χ0v) is 13.7. The fourth-order valence-electron chi connectivity index (χ4n) is 2.87. The van der Waals surface area contributed by atoms with Crippen LogP contribution in [-0.2, 0) is 5.41 Å². The van der Waals surface area contributed by atoms with Gasteiger partial charge in [0.2, 0.25) is 0 Å². The van der Waals surface area contributed by atoms with Crippen molar-refractivity contribution in [1.82, 2.24) is 4.40 Å². The third-order valence-electron chi connectivity index (χ3n) is 4.03. The van der Waals surface area contributed by atoms with Crippen LogP contribution in [0.5, 0.6) is 0 Å². The van der Waals surface area contributed by atoms with E-state index in [1.165, 1.54) is 27.9 Å². The van der Waals surface area contributed by atoms with Crippen LogP contribution in [0.15, 0.2) is 48.7 Å². The molecule has 2 aromatic heterocycles. The molecule has 0 saturated heterocycles. The molecule has 0 radical (unpaired) electrons. The van der Waals surface area contributed by atoms with E-state index in [0.717, 1.165) is 5.02 Å². The largest absolute Gasteiger partial charge is 0.320 e. The first-order valence-corrected chi connectivity index (χ1v) is 7.63. The van der Waals surface area contributed by atoms with Gasteiger partial charge in [0.15, 0.2) is 0 Å². The minimum absolute atomic E-state index is 0.106. The van der Waals surface area contributed by atoms with Crippen LogP contribution < -0.4 is 0 Å². The van der Waals surface area contributed by atoms with Crippen LogP contribution in [0.1, 0.15) is 32.0 Å². The third-order valence-corrected chi connectivity index (χ3v) is 4.28. The van der Waals surface area contributed by atoms with Crippen molar-refractivity contribution < 1.29 is 0 Å². The lowest BCUT2D eigenvalue weighted by Gasteiger charge is -2.23. The Bertz CT molecular complexity index is 789. The molecular weight excluding hydrogens is 278 g/mol. The molecule has 0 saturated carbocycles. The Morgan fingerprint density at radius 1 is 1.00 bits per heavy atom. The van der Waals surface area contributed by atoms with Gasteiger partial charge in [-0.3, -0.25) is 0 Å². The molecule has 2 heteroatoms. The number of halogens is 1. The molecule has 0 amide bonds.